The van der Waals surface area contributed by atoms with Crippen molar-refractivity contribution < 1.29 is 19.7 Å². The molecule has 208 valence electrons. The topological polar surface area (TPSA) is 145 Å². The van der Waals surface area contributed by atoms with Gasteiger partial charge in [-0.3, -0.25) is 14.2 Å². The predicted molar refractivity (Wildman–Crippen MR) is 146 cm³/mol. The van der Waals surface area contributed by atoms with Crippen LogP contribution in [0, 0.1) is 0 Å². The summed E-state index contributed by atoms with van der Waals surface area (Å²) in [5.74, 6) is -0.596. The molecule has 11 heteroatoms. The Labute approximate surface area is 226 Å². The van der Waals surface area contributed by atoms with Crippen molar-refractivity contribution >= 4 is 38.9 Å². The van der Waals surface area contributed by atoms with E-state index < -0.39 is 29.9 Å². The molecule has 2 aromatic heterocycles. The molecule has 3 rings (SSSR count). The monoisotopic (exact) mass is 583 g/mol. The fraction of sp³-hybridized carbons (Fsp3) is 0.769. The van der Waals surface area contributed by atoms with Crippen molar-refractivity contribution in [2.24, 2.45) is 0 Å². The van der Waals surface area contributed by atoms with Gasteiger partial charge in [-0.15, -0.1) is 0 Å². The number of aliphatic hydroxyl groups is 2. The number of fused-ring (bicyclic) bond motifs is 1. The van der Waals surface area contributed by atoms with Gasteiger partial charge in [-0.1, -0.05) is 84.0 Å². The standard InChI is InChI=1S/C26H42BrN5O5/c1-2-3-4-5-6-7-8-9-10-11-12-13-14-15-20(35)31-24(36)22-23(30-26(31)28)32(25(27)29-22)21-16-18(34)19(17-33)37-21/h18-19,21,33-34H,2-17H2,1H3,(H2,28,30)/t18-,19+,21+/m0/s1. The number of ether oxygens (including phenoxy) is 1. The van der Waals surface area contributed by atoms with Crippen LogP contribution < -0.4 is 11.3 Å². The second kappa shape index (κ2) is 14.9. The van der Waals surface area contributed by atoms with Crippen molar-refractivity contribution in [1.82, 2.24) is 19.1 Å². The summed E-state index contributed by atoms with van der Waals surface area (Å²) in [6, 6.07) is 0. The highest BCUT2D eigenvalue weighted by Gasteiger charge is 2.37. The maximum absolute atomic E-state index is 13.1. The van der Waals surface area contributed by atoms with E-state index in [1.54, 1.807) is 0 Å². The normalized spacial score (nSPS) is 19.7. The summed E-state index contributed by atoms with van der Waals surface area (Å²) < 4.78 is 8.35. The lowest BCUT2D eigenvalue weighted by Crippen LogP contribution is -2.30. The van der Waals surface area contributed by atoms with Gasteiger partial charge in [0, 0.05) is 12.8 Å². The first-order valence-corrected chi connectivity index (χ1v) is 14.6. The molecular weight excluding hydrogens is 542 g/mol. The molecule has 37 heavy (non-hydrogen) atoms. The Morgan fingerprint density at radius 1 is 1.03 bits per heavy atom. The number of carbonyl (C=O) groups excluding carboxylic acids is 1. The van der Waals surface area contributed by atoms with Gasteiger partial charge in [0.1, 0.15) is 12.3 Å². The SMILES string of the molecule is CCCCCCCCCCCCCCCC(=O)n1c(N)nc2c(nc(Br)n2[C@H]2C[C@H](O)[C@@H](CO)O2)c1=O. The predicted octanol–water partition coefficient (Wildman–Crippen LogP) is 4.70. The zero-order chi connectivity index (χ0) is 26.8. The number of hydrogen-bond donors (Lipinski definition) is 3. The molecule has 4 N–H and O–H groups in total. The van der Waals surface area contributed by atoms with Gasteiger partial charge >= 0.3 is 0 Å². The van der Waals surface area contributed by atoms with E-state index in [-0.39, 0.29) is 41.3 Å². The summed E-state index contributed by atoms with van der Waals surface area (Å²) in [5, 5.41) is 19.4. The van der Waals surface area contributed by atoms with E-state index in [0.717, 1.165) is 17.4 Å². The maximum Gasteiger partial charge on any atom is 0.290 e. The van der Waals surface area contributed by atoms with Crippen LogP contribution in [-0.4, -0.2) is 54.0 Å². The number of rotatable bonds is 16. The lowest BCUT2D eigenvalue weighted by molar-refractivity contribution is -0.0439. The van der Waals surface area contributed by atoms with E-state index in [1.807, 2.05) is 0 Å². The minimum Gasteiger partial charge on any atom is -0.394 e. The molecular formula is C26H42BrN5O5. The van der Waals surface area contributed by atoms with E-state index in [0.29, 0.717) is 6.42 Å². The lowest BCUT2D eigenvalue weighted by atomic mass is 10.0. The molecule has 1 fully saturated rings. The van der Waals surface area contributed by atoms with Crippen LogP contribution in [0.25, 0.3) is 11.2 Å². The van der Waals surface area contributed by atoms with Crippen molar-refractivity contribution in [1.29, 1.82) is 0 Å². The number of nitrogens with zero attached hydrogens (tertiary/aromatic N) is 4. The minimum absolute atomic E-state index is 0.00896. The number of nitrogens with two attached hydrogens (primary N) is 1. The molecule has 0 spiro atoms. The number of aromatic nitrogens is 4. The average Bonchev–Trinajstić information content (AvgIpc) is 3.40. The number of aliphatic hydroxyl groups excluding tert-OH is 2. The number of anilines is 1. The van der Waals surface area contributed by atoms with E-state index in [2.05, 4.69) is 32.8 Å². The van der Waals surface area contributed by atoms with Gasteiger partial charge in [-0.2, -0.15) is 4.98 Å². The second-order valence-corrected chi connectivity index (χ2v) is 10.7. The number of halogens is 1. The number of carbonyl (C=O) groups is 1. The Hall–Kier alpha value is -1.82. The zero-order valence-electron chi connectivity index (χ0n) is 21.9. The molecule has 0 unspecified atom stereocenters. The highest BCUT2D eigenvalue weighted by molar-refractivity contribution is 9.10. The highest BCUT2D eigenvalue weighted by atomic mass is 79.9. The molecule has 1 aliphatic rings. The number of hydrogen-bond acceptors (Lipinski definition) is 8. The Morgan fingerprint density at radius 2 is 1.59 bits per heavy atom. The summed E-state index contributed by atoms with van der Waals surface area (Å²) in [6.07, 6.45) is 13.9. The molecule has 0 amide bonds. The van der Waals surface area contributed by atoms with Crippen molar-refractivity contribution in [2.45, 2.75) is 122 Å². The van der Waals surface area contributed by atoms with E-state index in [4.69, 9.17) is 10.5 Å². The van der Waals surface area contributed by atoms with Crippen molar-refractivity contribution in [3.63, 3.8) is 0 Å². The molecule has 0 radical (unpaired) electrons. The summed E-state index contributed by atoms with van der Waals surface area (Å²) in [4.78, 5) is 34.4. The third kappa shape index (κ3) is 7.84. The molecule has 1 aliphatic heterocycles. The summed E-state index contributed by atoms with van der Waals surface area (Å²) in [6.45, 7) is 1.91. The smallest absolute Gasteiger partial charge is 0.290 e. The first-order valence-electron chi connectivity index (χ1n) is 13.8. The van der Waals surface area contributed by atoms with E-state index >= 15 is 0 Å². The second-order valence-electron chi connectivity index (χ2n) is 10.0. The average molecular weight is 585 g/mol. The van der Waals surface area contributed by atoms with Gasteiger partial charge < -0.3 is 20.7 Å². The number of imidazole rings is 1. The zero-order valence-corrected chi connectivity index (χ0v) is 23.5. The number of unbranched alkanes of at least 4 members (excludes halogenated alkanes) is 12. The third-order valence-corrected chi connectivity index (χ3v) is 7.67. The van der Waals surface area contributed by atoms with E-state index in [9.17, 15) is 19.8 Å². The molecule has 3 atom stereocenters. The quantitative estimate of drug-likeness (QED) is 0.190. The molecule has 3 heterocycles. The Kier molecular flexibility index (Phi) is 12.0. The highest BCUT2D eigenvalue weighted by Crippen LogP contribution is 2.33. The summed E-state index contributed by atoms with van der Waals surface area (Å²) in [5.41, 5.74) is 5.56. The maximum atomic E-state index is 13.1. The van der Waals surface area contributed by atoms with Gasteiger partial charge in [0.2, 0.25) is 11.9 Å². The molecule has 10 nitrogen and oxygen atoms in total. The van der Waals surface area contributed by atoms with Gasteiger partial charge in [0.25, 0.3) is 5.56 Å². The molecule has 1 saturated heterocycles. The van der Waals surface area contributed by atoms with Gasteiger partial charge in [0.05, 0.1) is 12.7 Å². The van der Waals surface area contributed by atoms with Crippen LogP contribution >= 0.6 is 15.9 Å². The van der Waals surface area contributed by atoms with Crippen LogP contribution in [0.4, 0.5) is 5.95 Å². The van der Waals surface area contributed by atoms with Crippen molar-refractivity contribution in [2.75, 3.05) is 12.3 Å². The summed E-state index contributed by atoms with van der Waals surface area (Å²) >= 11 is 3.31. The first-order chi connectivity index (χ1) is 17.9. The largest absolute Gasteiger partial charge is 0.394 e. The van der Waals surface area contributed by atoms with Crippen LogP contribution in [0.2, 0.25) is 0 Å². The third-order valence-electron chi connectivity index (χ3n) is 7.11. The Balaban J connectivity index is 1.47. The van der Waals surface area contributed by atoms with Crippen LogP contribution in [0.1, 0.15) is 114 Å². The van der Waals surface area contributed by atoms with Gasteiger partial charge in [-0.25, -0.2) is 9.55 Å². The van der Waals surface area contributed by atoms with Crippen molar-refractivity contribution in [3.05, 3.63) is 15.1 Å². The molecule has 0 saturated carbocycles. The fourth-order valence-corrected chi connectivity index (χ4v) is 5.53. The van der Waals surface area contributed by atoms with Crippen molar-refractivity contribution in [3.8, 4) is 0 Å². The first kappa shape index (κ1) is 29.7. The van der Waals surface area contributed by atoms with Crippen LogP contribution in [-0.2, 0) is 4.74 Å². The lowest BCUT2D eigenvalue weighted by Gasteiger charge is -2.15. The van der Waals surface area contributed by atoms with Crippen LogP contribution in [0.3, 0.4) is 0 Å². The molecule has 0 aromatic carbocycles. The van der Waals surface area contributed by atoms with Gasteiger partial charge in [0.15, 0.2) is 15.9 Å². The summed E-state index contributed by atoms with van der Waals surface area (Å²) in [7, 11) is 0. The Bertz CT molecular complexity index is 1070. The Morgan fingerprint density at radius 3 is 2.14 bits per heavy atom. The van der Waals surface area contributed by atoms with E-state index in [1.165, 1.54) is 68.8 Å². The fourth-order valence-electron chi connectivity index (χ4n) is 4.96. The number of nitrogen functional groups attached to an aromatic ring is 1. The van der Waals surface area contributed by atoms with Crippen LogP contribution in [0.15, 0.2) is 9.53 Å². The van der Waals surface area contributed by atoms with Gasteiger partial charge in [-0.05, 0) is 22.4 Å². The molecule has 0 aliphatic carbocycles. The molecule has 0 bridgehead atoms. The minimum atomic E-state index is -0.862. The molecule has 2 aromatic rings. The van der Waals surface area contributed by atoms with Crippen LogP contribution in [0.5, 0.6) is 0 Å².